The minimum atomic E-state index is -8.01. The lowest BCUT2D eigenvalue weighted by Crippen LogP contribution is -2.70. The van der Waals surface area contributed by atoms with Gasteiger partial charge in [-0.2, -0.15) is 57.1 Å². The minimum absolute atomic E-state index is 0.123. The lowest BCUT2D eigenvalue weighted by molar-refractivity contribution is -0.440. The normalized spacial score (nSPS) is 17.8. The van der Waals surface area contributed by atoms with E-state index in [1.54, 1.807) is 0 Å². The van der Waals surface area contributed by atoms with E-state index in [0.717, 1.165) is 7.11 Å². The van der Waals surface area contributed by atoms with E-state index >= 15 is 0 Å². The fraction of sp³-hybridized carbons (Fsp3) is 0.684. The Balaban J connectivity index is 3.60. The van der Waals surface area contributed by atoms with Crippen LogP contribution in [-0.2, 0) is 14.3 Å². The first-order valence-electron chi connectivity index (χ1n) is 9.55. The molecule has 202 valence electrons. The number of hydrogen-bond donors (Lipinski definition) is 0. The van der Waals surface area contributed by atoms with Gasteiger partial charge in [0.15, 0.2) is 11.5 Å². The highest BCUT2D eigenvalue weighted by Gasteiger charge is 2.90. The van der Waals surface area contributed by atoms with Crippen molar-refractivity contribution in [1.29, 1.82) is 0 Å². The summed E-state index contributed by atoms with van der Waals surface area (Å²) in [6.07, 6.45) is -9.75. The van der Waals surface area contributed by atoms with Crippen molar-refractivity contribution in [1.82, 2.24) is 0 Å². The second kappa shape index (κ2) is 9.64. The van der Waals surface area contributed by atoms with Crippen LogP contribution in [0.15, 0.2) is 23.5 Å². The average molecular weight is 540 g/mol. The third-order valence-electron chi connectivity index (χ3n) is 5.14. The number of ether oxygens (including phenoxy) is 1. The summed E-state index contributed by atoms with van der Waals surface area (Å²) in [5, 5.41) is 0. The highest BCUT2D eigenvalue weighted by molar-refractivity contribution is 6.19. The number of rotatable bonds is 11. The van der Waals surface area contributed by atoms with Gasteiger partial charge in [0, 0.05) is 12.0 Å². The number of carbonyl (C=O) groups excluding carboxylic acids is 2. The summed E-state index contributed by atoms with van der Waals surface area (Å²) in [7, 11) is 0.761. The summed E-state index contributed by atoms with van der Waals surface area (Å²) in [4.78, 5) is 24.0. The van der Waals surface area contributed by atoms with Gasteiger partial charge < -0.3 is 4.74 Å². The van der Waals surface area contributed by atoms with E-state index in [4.69, 9.17) is 0 Å². The van der Waals surface area contributed by atoms with E-state index in [-0.39, 0.29) is 12.8 Å². The topological polar surface area (TPSA) is 43.4 Å². The van der Waals surface area contributed by atoms with Crippen LogP contribution in [0.3, 0.4) is 0 Å². The molecule has 1 aliphatic carbocycles. The Bertz CT molecular complexity index is 885. The van der Waals surface area contributed by atoms with Gasteiger partial charge in [-0.05, 0) is 24.5 Å². The number of ketones is 2. The van der Waals surface area contributed by atoms with Crippen LogP contribution in [0.25, 0.3) is 0 Å². The lowest BCUT2D eigenvalue weighted by atomic mass is 9.80. The fourth-order valence-electron chi connectivity index (χ4n) is 3.20. The first kappa shape index (κ1) is 30.7. The Kier molecular flexibility index (Phi) is 8.46. The molecule has 0 fully saturated rings. The first-order chi connectivity index (χ1) is 15.5. The van der Waals surface area contributed by atoms with Crippen LogP contribution in [0.4, 0.5) is 57.1 Å². The number of alkyl halides is 13. The molecular formula is C19H17F13O3. The van der Waals surface area contributed by atoms with Crippen molar-refractivity contribution in [3.05, 3.63) is 23.5 Å². The van der Waals surface area contributed by atoms with E-state index in [1.807, 2.05) is 0 Å². The maximum Gasteiger partial charge on any atom is 0.460 e. The molecule has 0 aromatic rings. The molecule has 1 atom stereocenters. The van der Waals surface area contributed by atoms with Gasteiger partial charge in [-0.3, -0.25) is 9.59 Å². The molecule has 0 saturated heterocycles. The molecule has 1 rings (SSSR count). The molecule has 0 saturated carbocycles. The first-order valence-corrected chi connectivity index (χ1v) is 9.55. The molecular weight excluding hydrogens is 523 g/mol. The van der Waals surface area contributed by atoms with E-state index < -0.39 is 77.4 Å². The minimum Gasteiger partial charge on any atom is -0.492 e. The Labute approximate surface area is 189 Å². The molecule has 3 nitrogen and oxygen atoms in total. The van der Waals surface area contributed by atoms with Gasteiger partial charge >= 0.3 is 35.8 Å². The van der Waals surface area contributed by atoms with Gasteiger partial charge in [-0.15, -0.1) is 0 Å². The van der Waals surface area contributed by atoms with Crippen molar-refractivity contribution in [2.45, 2.75) is 68.4 Å². The van der Waals surface area contributed by atoms with Gasteiger partial charge in [-0.25, -0.2) is 0 Å². The molecule has 0 radical (unpaired) electrons. The lowest BCUT2D eigenvalue weighted by Gasteiger charge is -2.40. The van der Waals surface area contributed by atoms with Crippen molar-refractivity contribution in [3.8, 4) is 0 Å². The number of carbonyl (C=O) groups is 2. The van der Waals surface area contributed by atoms with E-state index in [0.29, 0.717) is 12.2 Å². The van der Waals surface area contributed by atoms with Crippen LogP contribution in [0.1, 0.15) is 32.6 Å². The number of allylic oxidation sites excluding steroid dienone is 3. The smallest absolute Gasteiger partial charge is 0.460 e. The number of unbranched alkanes of at least 4 members (excludes halogenated alkanes) is 1. The predicted octanol–water partition coefficient (Wildman–Crippen LogP) is 6.53. The highest BCUT2D eigenvalue weighted by Crippen LogP contribution is 2.61. The van der Waals surface area contributed by atoms with Gasteiger partial charge in [0.2, 0.25) is 5.78 Å². The Morgan fingerprint density at radius 2 is 1.20 bits per heavy atom. The molecule has 0 aliphatic heterocycles. The fourth-order valence-corrected chi connectivity index (χ4v) is 3.20. The maximum absolute atomic E-state index is 14.4. The maximum atomic E-state index is 14.4. The summed E-state index contributed by atoms with van der Waals surface area (Å²) in [5.74, 6) is -43.2. The van der Waals surface area contributed by atoms with Crippen molar-refractivity contribution < 1.29 is 71.4 Å². The molecule has 0 N–H and O–H groups in total. The van der Waals surface area contributed by atoms with Crippen LogP contribution in [-0.4, -0.2) is 54.5 Å². The largest absolute Gasteiger partial charge is 0.492 e. The Morgan fingerprint density at radius 1 is 0.743 bits per heavy atom. The van der Waals surface area contributed by atoms with Crippen molar-refractivity contribution in [3.63, 3.8) is 0 Å². The zero-order valence-corrected chi connectivity index (χ0v) is 17.7. The van der Waals surface area contributed by atoms with Gasteiger partial charge in [0.25, 0.3) is 0 Å². The summed E-state index contributed by atoms with van der Waals surface area (Å²) in [6.45, 7) is 1.43. The van der Waals surface area contributed by atoms with Crippen molar-refractivity contribution >= 4 is 11.6 Å². The van der Waals surface area contributed by atoms with Crippen LogP contribution >= 0.6 is 0 Å². The molecule has 0 heterocycles. The molecule has 0 aromatic carbocycles. The zero-order valence-electron chi connectivity index (χ0n) is 17.7. The van der Waals surface area contributed by atoms with Gasteiger partial charge in [0.1, 0.15) is 0 Å². The Morgan fingerprint density at radius 3 is 1.63 bits per heavy atom. The number of hydrogen-bond acceptors (Lipinski definition) is 3. The second-order valence-corrected chi connectivity index (χ2v) is 7.55. The highest BCUT2D eigenvalue weighted by atomic mass is 19.4. The zero-order chi connectivity index (χ0) is 27.8. The predicted molar refractivity (Wildman–Crippen MR) is 91.6 cm³/mol. The summed E-state index contributed by atoms with van der Waals surface area (Å²) >= 11 is 0. The molecule has 35 heavy (non-hydrogen) atoms. The molecule has 0 bridgehead atoms. The van der Waals surface area contributed by atoms with E-state index in [1.165, 1.54) is 6.92 Å². The third kappa shape index (κ3) is 5.01. The van der Waals surface area contributed by atoms with Crippen molar-refractivity contribution in [2.75, 3.05) is 7.11 Å². The van der Waals surface area contributed by atoms with Gasteiger partial charge in [-0.1, -0.05) is 19.8 Å². The van der Waals surface area contributed by atoms with Gasteiger partial charge in [0.05, 0.1) is 7.11 Å². The average Bonchev–Trinajstić information content (AvgIpc) is 2.71. The summed E-state index contributed by atoms with van der Waals surface area (Å²) in [5.41, 5.74) is -1.00. The Hall–Kier alpha value is -2.29. The number of halogens is 13. The third-order valence-corrected chi connectivity index (χ3v) is 5.14. The quantitative estimate of drug-likeness (QED) is 0.221. The van der Waals surface area contributed by atoms with Crippen molar-refractivity contribution in [2.24, 2.45) is 5.92 Å². The summed E-state index contributed by atoms with van der Waals surface area (Å²) < 4.78 is 179. The standard InChI is InChI=1S/C19H17F13O3/c1-3-4-5-9(12-10(33)6-7-11(34)13(12)35-2)8-14(20,21)15(22,23)16(24,25)17(26,27)18(28,29)19(30,31)32/h6-7,9H,3-5,8H2,1-2H3. The summed E-state index contributed by atoms with van der Waals surface area (Å²) in [6, 6.07) is 0. The molecule has 0 amide bonds. The number of methoxy groups -OCH3 is 1. The monoisotopic (exact) mass is 540 g/mol. The molecule has 0 aromatic heterocycles. The SMILES string of the molecule is CCCCC(CC(F)(F)C(F)(F)C(F)(F)C(F)(F)C(F)(F)C(F)(F)F)C1=C(OC)C(=O)C=CC1=O. The molecule has 16 heteroatoms. The molecule has 1 aliphatic rings. The second-order valence-electron chi connectivity index (χ2n) is 7.55. The molecule has 1 unspecified atom stereocenters. The van der Waals surface area contributed by atoms with Crippen LogP contribution < -0.4 is 0 Å². The van der Waals surface area contributed by atoms with E-state index in [9.17, 15) is 66.7 Å². The van der Waals surface area contributed by atoms with E-state index in [2.05, 4.69) is 4.74 Å². The van der Waals surface area contributed by atoms with Crippen LogP contribution in [0, 0.1) is 5.92 Å². The van der Waals surface area contributed by atoms with Crippen LogP contribution in [0.2, 0.25) is 0 Å². The molecule has 0 spiro atoms. The van der Waals surface area contributed by atoms with Crippen LogP contribution in [0.5, 0.6) is 0 Å².